The maximum absolute atomic E-state index is 5.02. The number of allylic oxidation sites excluding steroid dienone is 4. The molecule has 0 fully saturated rings. The average Bonchev–Trinajstić information content (AvgIpc) is 2.60. The zero-order chi connectivity index (χ0) is 18.2. The largest absolute Gasteiger partial charge is 0.501 e. The number of aryl methyl sites for hydroxylation is 1. The quantitative estimate of drug-likeness (QED) is 0.318. The molecule has 136 valence electrons. The monoisotopic (exact) mass is 349 g/mol. The molecule has 0 heterocycles. The average molecular weight is 350 g/mol. The summed E-state index contributed by atoms with van der Waals surface area (Å²) >= 11 is 1.77. The van der Waals surface area contributed by atoms with Crippen molar-refractivity contribution in [3.8, 4) is 0 Å². The third-order valence-electron chi connectivity index (χ3n) is 3.55. The lowest BCUT2D eigenvalue weighted by atomic mass is 10.1. The van der Waals surface area contributed by atoms with E-state index in [0.717, 1.165) is 25.1 Å². The molecule has 0 saturated heterocycles. The van der Waals surface area contributed by atoms with Crippen LogP contribution in [-0.2, 0) is 11.2 Å². The van der Waals surface area contributed by atoms with Crippen LogP contribution in [0.15, 0.2) is 53.1 Å². The Morgan fingerprint density at radius 2 is 1.83 bits per heavy atom. The van der Waals surface area contributed by atoms with E-state index < -0.39 is 0 Å². The SMILES string of the molecule is C/C=C(/CC)SNCCCc1ccccc1.C/C=C(/OC)C(C)C. The number of ether oxygens (including phenoxy) is 1. The van der Waals surface area contributed by atoms with Crippen LogP contribution in [0.1, 0.15) is 53.0 Å². The summed E-state index contributed by atoms with van der Waals surface area (Å²) in [4.78, 5) is 1.42. The molecule has 0 bridgehead atoms. The van der Waals surface area contributed by atoms with E-state index in [1.807, 2.05) is 13.0 Å². The van der Waals surface area contributed by atoms with E-state index in [9.17, 15) is 0 Å². The number of methoxy groups -OCH3 is 1. The van der Waals surface area contributed by atoms with Crippen molar-refractivity contribution >= 4 is 11.9 Å². The molecule has 1 N–H and O–H groups in total. The fraction of sp³-hybridized carbons (Fsp3) is 0.524. The first kappa shape index (κ1) is 22.8. The van der Waals surface area contributed by atoms with Crippen LogP contribution in [-0.4, -0.2) is 13.7 Å². The van der Waals surface area contributed by atoms with Gasteiger partial charge in [0.2, 0.25) is 0 Å². The van der Waals surface area contributed by atoms with E-state index in [0.29, 0.717) is 5.92 Å². The Hall–Kier alpha value is -1.19. The van der Waals surface area contributed by atoms with Crippen molar-refractivity contribution in [2.75, 3.05) is 13.7 Å². The van der Waals surface area contributed by atoms with Gasteiger partial charge in [-0.3, -0.25) is 4.72 Å². The molecule has 0 unspecified atom stereocenters. The molecular formula is C21H35NOS. The van der Waals surface area contributed by atoms with Gasteiger partial charge in [-0.15, -0.1) is 0 Å². The minimum Gasteiger partial charge on any atom is -0.501 e. The van der Waals surface area contributed by atoms with Gasteiger partial charge in [-0.05, 0) is 49.7 Å². The van der Waals surface area contributed by atoms with Crippen molar-refractivity contribution < 1.29 is 4.74 Å². The van der Waals surface area contributed by atoms with Crippen molar-refractivity contribution in [2.45, 2.75) is 53.9 Å². The summed E-state index contributed by atoms with van der Waals surface area (Å²) in [6.07, 6.45) is 7.63. The second-order valence-corrected chi connectivity index (χ2v) is 6.76. The predicted molar refractivity (Wildman–Crippen MR) is 110 cm³/mol. The Kier molecular flexibility index (Phi) is 14.6. The second-order valence-electron chi connectivity index (χ2n) is 5.74. The van der Waals surface area contributed by atoms with Gasteiger partial charge in [0.1, 0.15) is 0 Å². The van der Waals surface area contributed by atoms with Crippen LogP contribution >= 0.6 is 11.9 Å². The normalized spacial score (nSPS) is 12.0. The summed E-state index contributed by atoms with van der Waals surface area (Å²) in [5.41, 5.74) is 1.43. The Balaban J connectivity index is 0.000000561. The third-order valence-corrected chi connectivity index (χ3v) is 4.69. The maximum Gasteiger partial charge on any atom is 0.0938 e. The van der Waals surface area contributed by atoms with Crippen LogP contribution in [0.4, 0.5) is 0 Å². The smallest absolute Gasteiger partial charge is 0.0938 e. The third kappa shape index (κ3) is 11.4. The minimum absolute atomic E-state index is 0.519. The van der Waals surface area contributed by atoms with Gasteiger partial charge in [-0.25, -0.2) is 0 Å². The van der Waals surface area contributed by atoms with E-state index in [1.54, 1.807) is 19.1 Å². The summed E-state index contributed by atoms with van der Waals surface area (Å²) in [5, 5.41) is 0. The van der Waals surface area contributed by atoms with E-state index in [4.69, 9.17) is 4.74 Å². The zero-order valence-corrected chi connectivity index (χ0v) is 17.1. The zero-order valence-electron chi connectivity index (χ0n) is 16.3. The molecule has 0 aromatic heterocycles. The second kappa shape index (κ2) is 15.3. The van der Waals surface area contributed by atoms with Crippen molar-refractivity contribution in [1.29, 1.82) is 0 Å². The molecule has 0 aliphatic rings. The molecule has 24 heavy (non-hydrogen) atoms. The summed E-state index contributed by atoms with van der Waals surface area (Å²) in [7, 11) is 1.70. The van der Waals surface area contributed by atoms with E-state index in [2.05, 4.69) is 68.8 Å². The highest BCUT2D eigenvalue weighted by Crippen LogP contribution is 2.14. The number of hydrogen-bond acceptors (Lipinski definition) is 3. The molecule has 1 aromatic carbocycles. The van der Waals surface area contributed by atoms with Crippen LogP contribution in [0.2, 0.25) is 0 Å². The highest BCUT2D eigenvalue weighted by molar-refractivity contribution is 8.01. The van der Waals surface area contributed by atoms with E-state index in [-0.39, 0.29) is 0 Å². The lowest BCUT2D eigenvalue weighted by molar-refractivity contribution is 0.253. The van der Waals surface area contributed by atoms with E-state index >= 15 is 0 Å². The van der Waals surface area contributed by atoms with Crippen molar-refractivity contribution in [1.82, 2.24) is 4.72 Å². The van der Waals surface area contributed by atoms with Crippen molar-refractivity contribution in [3.05, 3.63) is 58.7 Å². The first-order valence-corrected chi connectivity index (χ1v) is 9.69. The molecule has 3 heteroatoms. The number of benzene rings is 1. The Morgan fingerprint density at radius 1 is 1.17 bits per heavy atom. The summed E-state index contributed by atoms with van der Waals surface area (Å²) in [5.74, 6) is 1.58. The fourth-order valence-electron chi connectivity index (χ4n) is 2.18. The molecule has 0 atom stereocenters. The number of hydrogen-bond donors (Lipinski definition) is 1. The predicted octanol–water partition coefficient (Wildman–Crippen LogP) is 6.36. The van der Waals surface area contributed by atoms with Gasteiger partial charge in [0.25, 0.3) is 0 Å². The lowest BCUT2D eigenvalue weighted by Gasteiger charge is -2.07. The summed E-state index contributed by atoms with van der Waals surface area (Å²) in [6.45, 7) is 11.6. The van der Waals surface area contributed by atoms with Gasteiger partial charge in [0.15, 0.2) is 0 Å². The number of nitrogens with one attached hydrogen (secondary N) is 1. The highest BCUT2D eigenvalue weighted by Gasteiger charge is 1.97. The highest BCUT2D eigenvalue weighted by atomic mass is 32.2. The van der Waals surface area contributed by atoms with Crippen LogP contribution in [0.5, 0.6) is 0 Å². The molecule has 0 radical (unpaired) electrons. The van der Waals surface area contributed by atoms with Crippen LogP contribution in [0.3, 0.4) is 0 Å². The van der Waals surface area contributed by atoms with Gasteiger partial charge in [0, 0.05) is 12.5 Å². The van der Waals surface area contributed by atoms with Crippen molar-refractivity contribution in [3.63, 3.8) is 0 Å². The molecule has 1 rings (SSSR count). The first-order chi connectivity index (χ1) is 11.6. The molecule has 0 amide bonds. The van der Waals surface area contributed by atoms with Gasteiger partial charge in [-0.1, -0.05) is 69.1 Å². The Morgan fingerprint density at radius 3 is 2.25 bits per heavy atom. The topological polar surface area (TPSA) is 21.3 Å². The number of rotatable bonds is 9. The molecular weight excluding hydrogens is 314 g/mol. The standard InChI is InChI=1S/C14H21NS.C7H14O/c1-3-14(4-2)16-15-12-8-11-13-9-6-5-7-10-13;1-5-7(8-4)6(2)3/h3,5-7,9-10,15H,4,8,11-12H2,1-2H3;5-6H,1-4H3/b14-3-;7-5+. The van der Waals surface area contributed by atoms with E-state index in [1.165, 1.54) is 16.9 Å². The van der Waals surface area contributed by atoms with Gasteiger partial charge < -0.3 is 4.74 Å². The van der Waals surface area contributed by atoms with Gasteiger partial charge in [-0.2, -0.15) is 0 Å². The molecule has 0 spiro atoms. The fourth-order valence-corrected chi connectivity index (χ4v) is 2.87. The Bertz CT molecular complexity index is 466. The van der Waals surface area contributed by atoms with Crippen LogP contribution in [0, 0.1) is 5.92 Å². The molecule has 0 aliphatic carbocycles. The minimum atomic E-state index is 0.519. The van der Waals surface area contributed by atoms with Crippen LogP contribution in [0.25, 0.3) is 0 Å². The maximum atomic E-state index is 5.02. The first-order valence-electron chi connectivity index (χ1n) is 8.87. The van der Waals surface area contributed by atoms with Gasteiger partial charge >= 0.3 is 0 Å². The Labute approximate surface area is 153 Å². The molecule has 2 nitrogen and oxygen atoms in total. The summed E-state index contributed by atoms with van der Waals surface area (Å²) in [6, 6.07) is 10.7. The molecule has 0 aliphatic heterocycles. The lowest BCUT2D eigenvalue weighted by Crippen LogP contribution is -2.06. The molecule has 1 aromatic rings. The summed E-state index contributed by atoms with van der Waals surface area (Å²) < 4.78 is 8.43. The van der Waals surface area contributed by atoms with Gasteiger partial charge in [0.05, 0.1) is 12.9 Å². The van der Waals surface area contributed by atoms with Crippen LogP contribution < -0.4 is 4.72 Å². The molecule has 0 saturated carbocycles. The van der Waals surface area contributed by atoms with Crippen molar-refractivity contribution in [2.24, 2.45) is 5.92 Å².